The van der Waals surface area contributed by atoms with Crippen LogP contribution in [0, 0.1) is 0 Å². The summed E-state index contributed by atoms with van der Waals surface area (Å²) >= 11 is 0. The molecule has 6 heavy (non-hydrogen) atoms. The van der Waals surface area contributed by atoms with Gasteiger partial charge in [0.1, 0.15) is 0 Å². The highest BCUT2D eigenvalue weighted by Crippen LogP contribution is 1.55. The van der Waals surface area contributed by atoms with Gasteiger partial charge in [-0.2, -0.15) is 0 Å². The van der Waals surface area contributed by atoms with E-state index in [4.69, 9.17) is 9.59 Å². The van der Waals surface area contributed by atoms with E-state index in [0.29, 0.717) is 0 Å². The molecule has 0 aliphatic heterocycles. The molecule has 2 amide bonds. The van der Waals surface area contributed by atoms with Crippen molar-refractivity contribution in [3.05, 3.63) is 0 Å². The monoisotopic (exact) mass is 86.0 g/mol. The molecule has 0 fully saturated rings. The van der Waals surface area contributed by atoms with E-state index in [-0.39, 0.29) is 12.8 Å². The predicted molar refractivity (Wildman–Crippen MR) is 17.0 cm³/mol. The van der Waals surface area contributed by atoms with Crippen molar-refractivity contribution in [3.8, 4) is 0 Å². The van der Waals surface area contributed by atoms with Gasteiger partial charge in [0.05, 0.1) is 0 Å². The lowest BCUT2D eigenvalue weighted by Gasteiger charge is -1.54. The second-order valence-corrected chi connectivity index (χ2v) is 0.442. The summed E-state index contributed by atoms with van der Waals surface area (Å²) in [5.41, 5.74) is 0. The number of amides is 2. The molecule has 4 heteroatoms. The molecule has 0 saturated carbocycles. The first-order valence-electron chi connectivity index (χ1n) is 1.19. The van der Waals surface area contributed by atoms with Crippen LogP contribution in [0.5, 0.6) is 0 Å². The van der Waals surface area contributed by atoms with Crippen molar-refractivity contribution in [2.75, 3.05) is 0 Å². The van der Waals surface area contributed by atoms with Crippen molar-refractivity contribution < 1.29 is 9.59 Å². The van der Waals surface area contributed by atoms with Crippen LogP contribution in [0.1, 0.15) is 0 Å². The van der Waals surface area contributed by atoms with E-state index in [2.05, 4.69) is 10.2 Å². The SMILES string of the molecule is O=CN=NC=O. The van der Waals surface area contributed by atoms with Gasteiger partial charge in [0.15, 0.2) is 0 Å². The molecule has 4 nitrogen and oxygen atoms in total. The molecule has 0 aromatic rings. The van der Waals surface area contributed by atoms with E-state index < -0.39 is 0 Å². The van der Waals surface area contributed by atoms with Gasteiger partial charge in [0.25, 0.3) is 12.8 Å². The van der Waals surface area contributed by atoms with E-state index in [1.807, 2.05) is 0 Å². The molecule has 0 aliphatic rings. The molecule has 0 aliphatic carbocycles. The van der Waals surface area contributed by atoms with Gasteiger partial charge in [-0.15, -0.1) is 10.2 Å². The minimum atomic E-state index is 0.189. The molecule has 0 N–H and O–H groups in total. The number of hydrogen-bond acceptors (Lipinski definition) is 2. The van der Waals surface area contributed by atoms with Crippen LogP contribution < -0.4 is 0 Å². The van der Waals surface area contributed by atoms with Crippen LogP contribution in [0.4, 0.5) is 0 Å². The Morgan fingerprint density at radius 3 is 1.50 bits per heavy atom. The maximum absolute atomic E-state index is 9.14. The van der Waals surface area contributed by atoms with Gasteiger partial charge in [0, 0.05) is 0 Å². The van der Waals surface area contributed by atoms with E-state index in [1.54, 1.807) is 0 Å². The average Bonchev–Trinajstić information content (AvgIpc) is 1.61. The van der Waals surface area contributed by atoms with Gasteiger partial charge in [-0.1, -0.05) is 0 Å². The minimum absolute atomic E-state index is 0.189. The maximum atomic E-state index is 9.14. The van der Waals surface area contributed by atoms with Crippen molar-refractivity contribution >= 4 is 12.8 Å². The van der Waals surface area contributed by atoms with Gasteiger partial charge in [0.2, 0.25) is 0 Å². The quantitative estimate of drug-likeness (QED) is 0.343. The van der Waals surface area contributed by atoms with Crippen LogP contribution in [0.15, 0.2) is 10.2 Å². The Morgan fingerprint density at radius 2 is 1.33 bits per heavy atom. The number of nitrogens with zero attached hydrogens (tertiary/aromatic N) is 2. The zero-order valence-electron chi connectivity index (χ0n) is 2.87. The van der Waals surface area contributed by atoms with Gasteiger partial charge in [-0.05, 0) is 0 Å². The summed E-state index contributed by atoms with van der Waals surface area (Å²) in [5, 5.41) is 5.33. The molecule has 0 aromatic heterocycles. The third-order valence-electron chi connectivity index (χ3n) is 0.161. The van der Waals surface area contributed by atoms with Gasteiger partial charge >= 0.3 is 0 Å². The molecular formula is C2H2N2O2. The van der Waals surface area contributed by atoms with Crippen LogP contribution in [0.2, 0.25) is 0 Å². The largest absolute Gasteiger partial charge is 0.275 e. The van der Waals surface area contributed by atoms with Gasteiger partial charge in [-0.3, -0.25) is 9.59 Å². The van der Waals surface area contributed by atoms with Gasteiger partial charge in [-0.25, -0.2) is 0 Å². The van der Waals surface area contributed by atoms with E-state index >= 15 is 0 Å². The number of hydrogen-bond donors (Lipinski definition) is 0. The van der Waals surface area contributed by atoms with Crippen molar-refractivity contribution in [2.24, 2.45) is 10.2 Å². The summed E-state index contributed by atoms with van der Waals surface area (Å²) in [6, 6.07) is 0. The second kappa shape index (κ2) is 3.94. The van der Waals surface area contributed by atoms with Crippen molar-refractivity contribution in [3.63, 3.8) is 0 Å². The normalized spacial score (nSPS) is 8.67. The Labute approximate surface area is 33.9 Å². The zero-order chi connectivity index (χ0) is 4.83. The van der Waals surface area contributed by atoms with Crippen LogP contribution in [0.3, 0.4) is 0 Å². The third kappa shape index (κ3) is 2.94. The number of rotatable bonds is 2. The molecule has 0 bridgehead atoms. The lowest BCUT2D eigenvalue weighted by molar-refractivity contribution is -0.110. The Balaban J connectivity index is 3.17. The first kappa shape index (κ1) is 4.94. The van der Waals surface area contributed by atoms with Crippen molar-refractivity contribution in [1.82, 2.24) is 0 Å². The second-order valence-electron chi connectivity index (χ2n) is 0.442. The van der Waals surface area contributed by atoms with Crippen LogP contribution in [0.25, 0.3) is 0 Å². The Morgan fingerprint density at radius 1 is 1.00 bits per heavy atom. The fourth-order valence-electron chi connectivity index (χ4n) is 0.0544. The van der Waals surface area contributed by atoms with Crippen LogP contribution >= 0.6 is 0 Å². The molecule has 0 saturated heterocycles. The predicted octanol–water partition coefficient (Wildman–Crippen LogP) is -0.249. The minimum Gasteiger partial charge on any atom is -0.275 e. The molecule has 0 unspecified atom stereocenters. The van der Waals surface area contributed by atoms with Crippen LogP contribution in [-0.2, 0) is 9.59 Å². The molecule has 0 spiro atoms. The number of carbonyl (C=O) groups is 2. The fourth-order valence-corrected chi connectivity index (χ4v) is 0.0544. The zero-order valence-corrected chi connectivity index (χ0v) is 2.87. The van der Waals surface area contributed by atoms with Crippen molar-refractivity contribution in [1.29, 1.82) is 0 Å². The summed E-state index contributed by atoms with van der Waals surface area (Å²) in [6.45, 7) is 0. The van der Waals surface area contributed by atoms with Crippen molar-refractivity contribution in [2.45, 2.75) is 0 Å². The number of carbonyl (C=O) groups excluding carboxylic acids is 2. The molecule has 0 rings (SSSR count). The summed E-state index contributed by atoms with van der Waals surface area (Å²) in [5.74, 6) is 0. The first-order valence-corrected chi connectivity index (χ1v) is 1.19. The standard InChI is InChI=1S/C2H2N2O2/c5-1-3-4-2-6/h1-2H. The molecule has 0 atom stereocenters. The smallest absolute Gasteiger partial charge is 0.252 e. The molecule has 0 heterocycles. The fraction of sp³-hybridized carbons (Fsp3) is 0. The highest BCUT2D eigenvalue weighted by atomic mass is 16.1. The highest BCUT2D eigenvalue weighted by molar-refractivity contribution is 5.52. The lowest BCUT2D eigenvalue weighted by atomic mass is 11.4. The third-order valence-corrected chi connectivity index (χ3v) is 0.161. The summed E-state index contributed by atoms with van der Waals surface area (Å²) in [7, 11) is 0. The number of azo groups is 1. The van der Waals surface area contributed by atoms with Gasteiger partial charge < -0.3 is 0 Å². The summed E-state index contributed by atoms with van der Waals surface area (Å²) < 4.78 is 0. The van der Waals surface area contributed by atoms with E-state index in [1.165, 1.54) is 0 Å². The first-order chi connectivity index (χ1) is 2.91. The molecule has 0 aromatic carbocycles. The highest BCUT2D eigenvalue weighted by Gasteiger charge is 1.56. The van der Waals surface area contributed by atoms with E-state index in [9.17, 15) is 0 Å². The Kier molecular flexibility index (Phi) is 3.24. The van der Waals surface area contributed by atoms with Crippen LogP contribution in [-0.4, -0.2) is 12.8 Å². The molecule has 0 radical (unpaired) electrons. The Hall–Kier alpha value is -1.06. The van der Waals surface area contributed by atoms with E-state index in [0.717, 1.165) is 0 Å². The maximum Gasteiger partial charge on any atom is 0.252 e. The Bertz CT molecular complexity index is 67.6. The average molecular weight is 86.0 g/mol. The molecular weight excluding hydrogens is 84.0 g/mol. The summed E-state index contributed by atoms with van der Waals surface area (Å²) in [4.78, 5) is 18.3. The lowest BCUT2D eigenvalue weighted by Crippen LogP contribution is -1.58. The summed E-state index contributed by atoms with van der Waals surface area (Å²) in [6.07, 6.45) is 0.378. The molecule has 32 valence electrons. The topological polar surface area (TPSA) is 58.9 Å².